The first-order valence-corrected chi connectivity index (χ1v) is 6.85. The number of benzene rings is 2. The van der Waals surface area contributed by atoms with E-state index in [-0.39, 0.29) is 5.91 Å². The van der Waals surface area contributed by atoms with Crippen molar-refractivity contribution < 1.29 is 4.79 Å². The maximum Gasteiger partial charge on any atom is 0.223 e. The second kappa shape index (κ2) is 5.29. The summed E-state index contributed by atoms with van der Waals surface area (Å²) in [6.45, 7) is 2.34. The number of anilines is 3. The third-order valence-corrected chi connectivity index (χ3v) is 3.64. The number of fused-ring (bicyclic) bond motifs is 1. The number of nitriles is 1. The zero-order valence-electron chi connectivity index (χ0n) is 11.8. The van der Waals surface area contributed by atoms with Crippen LogP contribution in [0, 0.1) is 11.3 Å². The van der Waals surface area contributed by atoms with Gasteiger partial charge in [-0.3, -0.25) is 4.79 Å². The summed E-state index contributed by atoms with van der Waals surface area (Å²) in [5.41, 5.74) is 4.65. The van der Waals surface area contributed by atoms with Crippen molar-refractivity contribution in [1.29, 1.82) is 5.26 Å². The van der Waals surface area contributed by atoms with E-state index in [2.05, 4.69) is 17.5 Å². The minimum atomic E-state index is 0.0798. The number of nitrogens with zero attached hydrogens (tertiary/aromatic N) is 2. The lowest BCUT2D eigenvalue weighted by Crippen LogP contribution is -2.25. The first-order chi connectivity index (χ1) is 10.2. The summed E-state index contributed by atoms with van der Waals surface area (Å²) >= 11 is 0. The molecule has 2 aromatic rings. The molecule has 104 valence electrons. The van der Waals surface area contributed by atoms with Gasteiger partial charge in [-0.05, 0) is 48.4 Å². The predicted molar refractivity (Wildman–Crippen MR) is 82.6 cm³/mol. The van der Waals surface area contributed by atoms with Crippen LogP contribution in [0.2, 0.25) is 0 Å². The van der Waals surface area contributed by atoms with Crippen LogP contribution < -0.4 is 10.2 Å². The molecule has 1 N–H and O–H groups in total. The van der Waals surface area contributed by atoms with E-state index in [0.717, 1.165) is 30.0 Å². The van der Waals surface area contributed by atoms with Gasteiger partial charge >= 0.3 is 0 Å². The van der Waals surface area contributed by atoms with Crippen molar-refractivity contribution in [2.75, 3.05) is 16.8 Å². The second-order valence-electron chi connectivity index (χ2n) is 5.08. The molecule has 0 unspecified atom stereocenters. The Hall–Kier alpha value is -2.80. The summed E-state index contributed by atoms with van der Waals surface area (Å²) in [4.78, 5) is 13.3. The van der Waals surface area contributed by atoms with Gasteiger partial charge in [0.1, 0.15) is 0 Å². The monoisotopic (exact) mass is 277 g/mol. The molecule has 3 rings (SSSR count). The molecule has 4 heteroatoms. The highest BCUT2D eigenvalue weighted by Crippen LogP contribution is 2.31. The Morgan fingerprint density at radius 2 is 2.05 bits per heavy atom. The van der Waals surface area contributed by atoms with Gasteiger partial charge in [0.05, 0.1) is 11.6 Å². The average molecular weight is 277 g/mol. The maximum atomic E-state index is 11.5. The highest BCUT2D eigenvalue weighted by molar-refractivity contribution is 5.94. The molecule has 1 amide bonds. The molecule has 4 nitrogen and oxygen atoms in total. The molecule has 0 aliphatic carbocycles. The van der Waals surface area contributed by atoms with Gasteiger partial charge in [0, 0.05) is 30.5 Å². The molecule has 0 atom stereocenters. The van der Waals surface area contributed by atoms with E-state index in [1.807, 2.05) is 30.3 Å². The highest BCUT2D eigenvalue weighted by atomic mass is 16.2. The predicted octanol–water partition coefficient (Wildman–Crippen LogP) is 3.21. The van der Waals surface area contributed by atoms with Crippen molar-refractivity contribution in [1.82, 2.24) is 0 Å². The smallest absolute Gasteiger partial charge is 0.223 e. The minimum absolute atomic E-state index is 0.0798. The van der Waals surface area contributed by atoms with E-state index in [0.29, 0.717) is 5.56 Å². The first kappa shape index (κ1) is 13.2. The fraction of sp³-hybridized carbons (Fsp3) is 0.176. The van der Waals surface area contributed by atoms with Crippen molar-refractivity contribution in [3.63, 3.8) is 0 Å². The van der Waals surface area contributed by atoms with E-state index < -0.39 is 0 Å². The Morgan fingerprint density at radius 3 is 2.81 bits per heavy atom. The summed E-state index contributed by atoms with van der Waals surface area (Å²) in [6.07, 6.45) is 0.878. The van der Waals surface area contributed by atoms with E-state index in [1.54, 1.807) is 17.9 Å². The van der Waals surface area contributed by atoms with Crippen molar-refractivity contribution in [3.05, 3.63) is 53.6 Å². The lowest BCUT2D eigenvalue weighted by atomic mass is 10.1. The standard InChI is InChI=1S/C17H15N3O/c1-12(21)20-8-7-14-10-16(5-6-17(14)20)19-15-4-2-3-13(9-15)11-18/h2-6,9-10,19H,7-8H2,1H3. The molecule has 0 aromatic heterocycles. The fourth-order valence-corrected chi connectivity index (χ4v) is 2.64. The Labute approximate surface area is 123 Å². The summed E-state index contributed by atoms with van der Waals surface area (Å²) in [5.74, 6) is 0.0798. The SMILES string of the molecule is CC(=O)N1CCc2cc(Nc3cccc(C#N)c3)ccc21. The van der Waals surface area contributed by atoms with Crippen LogP contribution in [0.5, 0.6) is 0 Å². The average Bonchev–Trinajstić information content (AvgIpc) is 2.90. The third kappa shape index (κ3) is 2.59. The summed E-state index contributed by atoms with van der Waals surface area (Å²) in [5, 5.41) is 12.2. The molecule has 0 spiro atoms. The van der Waals surface area contributed by atoms with Crippen molar-refractivity contribution in [2.45, 2.75) is 13.3 Å². The summed E-state index contributed by atoms with van der Waals surface area (Å²) < 4.78 is 0. The number of carbonyl (C=O) groups is 1. The van der Waals surface area contributed by atoms with Crippen molar-refractivity contribution in [2.24, 2.45) is 0 Å². The van der Waals surface area contributed by atoms with Gasteiger partial charge in [0.15, 0.2) is 0 Å². The zero-order chi connectivity index (χ0) is 14.8. The lowest BCUT2D eigenvalue weighted by Gasteiger charge is -2.15. The van der Waals surface area contributed by atoms with Gasteiger partial charge in [-0.15, -0.1) is 0 Å². The van der Waals surface area contributed by atoms with E-state index in [4.69, 9.17) is 5.26 Å². The number of nitrogens with one attached hydrogen (secondary N) is 1. The van der Waals surface area contributed by atoms with E-state index in [9.17, 15) is 4.79 Å². The van der Waals surface area contributed by atoms with Gasteiger partial charge in [0.2, 0.25) is 5.91 Å². The number of carbonyl (C=O) groups excluding carboxylic acids is 1. The first-order valence-electron chi connectivity index (χ1n) is 6.85. The normalized spacial score (nSPS) is 12.7. The van der Waals surface area contributed by atoms with E-state index >= 15 is 0 Å². The Bertz CT molecular complexity index is 746. The lowest BCUT2D eigenvalue weighted by molar-refractivity contribution is -0.116. The van der Waals surface area contributed by atoms with Crippen molar-refractivity contribution >= 4 is 23.0 Å². The molecule has 0 saturated heterocycles. The van der Waals surface area contributed by atoms with E-state index in [1.165, 1.54) is 5.56 Å². The molecular formula is C17H15N3O. The number of hydrogen-bond acceptors (Lipinski definition) is 3. The van der Waals surface area contributed by atoms with Crippen LogP contribution in [0.25, 0.3) is 0 Å². The number of rotatable bonds is 2. The summed E-state index contributed by atoms with van der Waals surface area (Å²) in [7, 11) is 0. The quantitative estimate of drug-likeness (QED) is 0.917. The summed E-state index contributed by atoms with van der Waals surface area (Å²) in [6, 6.07) is 15.5. The third-order valence-electron chi connectivity index (χ3n) is 3.64. The number of amides is 1. The molecule has 1 aliphatic rings. The van der Waals surface area contributed by atoms with Gasteiger partial charge in [-0.25, -0.2) is 0 Å². The maximum absolute atomic E-state index is 11.5. The van der Waals surface area contributed by atoms with Crippen LogP contribution in [0.4, 0.5) is 17.1 Å². The molecule has 1 heterocycles. The molecule has 21 heavy (non-hydrogen) atoms. The van der Waals surface area contributed by atoms with Crippen LogP contribution >= 0.6 is 0 Å². The number of hydrogen-bond donors (Lipinski definition) is 1. The van der Waals surface area contributed by atoms with Crippen molar-refractivity contribution in [3.8, 4) is 6.07 Å². The van der Waals surface area contributed by atoms with Gasteiger partial charge < -0.3 is 10.2 Å². The molecule has 0 saturated carbocycles. The zero-order valence-corrected chi connectivity index (χ0v) is 11.8. The second-order valence-corrected chi connectivity index (χ2v) is 5.08. The van der Waals surface area contributed by atoms with Crippen LogP contribution in [0.1, 0.15) is 18.1 Å². The Balaban J connectivity index is 1.85. The van der Waals surface area contributed by atoms with Crippen LogP contribution in [0.3, 0.4) is 0 Å². The largest absolute Gasteiger partial charge is 0.355 e. The molecule has 0 fully saturated rings. The van der Waals surface area contributed by atoms with Gasteiger partial charge in [0.25, 0.3) is 0 Å². The minimum Gasteiger partial charge on any atom is -0.355 e. The molecule has 0 radical (unpaired) electrons. The molecule has 1 aliphatic heterocycles. The topological polar surface area (TPSA) is 56.1 Å². The highest BCUT2D eigenvalue weighted by Gasteiger charge is 2.21. The van der Waals surface area contributed by atoms with Gasteiger partial charge in [-0.1, -0.05) is 6.07 Å². The molecule has 0 bridgehead atoms. The Kier molecular flexibility index (Phi) is 3.33. The van der Waals surface area contributed by atoms with Gasteiger partial charge in [-0.2, -0.15) is 5.26 Å². The molecule has 2 aromatic carbocycles. The van der Waals surface area contributed by atoms with Crippen LogP contribution in [-0.2, 0) is 11.2 Å². The van der Waals surface area contributed by atoms with Crippen LogP contribution in [0.15, 0.2) is 42.5 Å². The fourth-order valence-electron chi connectivity index (χ4n) is 2.64. The van der Waals surface area contributed by atoms with Crippen LogP contribution in [-0.4, -0.2) is 12.5 Å². The molecular weight excluding hydrogens is 262 g/mol. The Morgan fingerprint density at radius 1 is 1.24 bits per heavy atom.